The van der Waals surface area contributed by atoms with Crippen molar-refractivity contribution in [3.8, 4) is 39.2 Å². The second-order valence-corrected chi connectivity index (χ2v) is 18.0. The molecule has 0 saturated heterocycles. The lowest BCUT2D eigenvalue weighted by Crippen LogP contribution is -2.33. The minimum absolute atomic E-state index is 0.527. The van der Waals surface area contributed by atoms with Crippen LogP contribution in [0.2, 0.25) is 0 Å². The van der Waals surface area contributed by atoms with Crippen LogP contribution in [0.1, 0.15) is 22.3 Å². The third-order valence-corrected chi connectivity index (χ3v) is 15.1. The Morgan fingerprint density at radius 3 is 1.97 bits per heavy atom. The van der Waals surface area contributed by atoms with Gasteiger partial charge in [0, 0.05) is 27.3 Å². The first-order valence-corrected chi connectivity index (χ1v) is 22.5. The molecule has 0 bridgehead atoms. The number of fused-ring (bicyclic) bond motifs is 16. The Bertz CT molecular complexity index is 3780. The third kappa shape index (κ3) is 4.52. The summed E-state index contributed by atoms with van der Waals surface area (Å²) in [6, 6.07) is 73.0. The van der Waals surface area contributed by atoms with Gasteiger partial charge in [0.15, 0.2) is 0 Å². The molecule has 14 rings (SSSR count). The number of anilines is 3. The van der Waals surface area contributed by atoms with Gasteiger partial charge in [0.2, 0.25) is 5.95 Å². The van der Waals surface area contributed by atoms with E-state index < -0.39 is 16.2 Å². The summed E-state index contributed by atoms with van der Waals surface area (Å²) in [6.45, 7) is 0. The first-order chi connectivity index (χ1) is 31.2. The van der Waals surface area contributed by atoms with Crippen LogP contribution in [0.4, 0.5) is 17.3 Å². The number of hydrogen-bond acceptors (Lipinski definition) is 4. The van der Waals surface area contributed by atoms with Crippen molar-refractivity contribution in [2.45, 2.75) is 15.2 Å². The van der Waals surface area contributed by atoms with Crippen molar-refractivity contribution in [3.63, 3.8) is 0 Å². The van der Waals surface area contributed by atoms with Crippen LogP contribution < -0.4 is 4.90 Å². The molecule has 0 radical (unpaired) electrons. The average Bonchev–Trinajstić information content (AvgIpc) is 3.85. The fraction of sp³-hybridized carbons (Fsp3) is 0.0175. The quantitative estimate of drug-likeness (QED) is 0.178. The number of hydrogen-bond donors (Lipinski definition) is 0. The monoisotopic (exact) mass is 822 g/mol. The first-order valence-electron chi connectivity index (χ1n) is 21.3. The molecule has 0 saturated carbocycles. The number of benzene rings is 9. The van der Waals surface area contributed by atoms with E-state index in [9.17, 15) is 0 Å². The van der Waals surface area contributed by atoms with E-state index in [-0.39, 0.29) is 0 Å². The Kier molecular flexibility index (Phi) is 7.06. The van der Waals surface area contributed by atoms with Crippen LogP contribution in [-0.4, -0.2) is 18.7 Å². The molecule has 2 unspecified atom stereocenters. The van der Waals surface area contributed by atoms with E-state index in [4.69, 9.17) is 9.97 Å². The van der Waals surface area contributed by atoms with Crippen molar-refractivity contribution in [2.24, 2.45) is 0 Å². The van der Waals surface area contributed by atoms with Gasteiger partial charge >= 0.3 is 0 Å². The van der Waals surface area contributed by atoms with Gasteiger partial charge in [0.05, 0.1) is 65.3 Å². The number of rotatable bonds is 3. The molecule has 1 spiro atoms. The van der Waals surface area contributed by atoms with Gasteiger partial charge in [-0.1, -0.05) is 170 Å². The van der Waals surface area contributed by atoms with E-state index in [1.807, 2.05) is 42.5 Å². The second-order valence-electron chi connectivity index (χ2n) is 16.6. The normalized spacial score (nSPS) is 16.5. The van der Waals surface area contributed by atoms with Gasteiger partial charge in [-0.15, -0.1) is 0 Å². The van der Waals surface area contributed by atoms with Crippen molar-refractivity contribution in [1.82, 2.24) is 14.5 Å². The van der Waals surface area contributed by atoms with E-state index in [0.717, 1.165) is 71.3 Å². The van der Waals surface area contributed by atoms with Crippen molar-refractivity contribution >= 4 is 60.8 Å². The molecule has 11 aromatic rings. The Balaban J connectivity index is 1.04. The predicted octanol–water partition coefficient (Wildman–Crippen LogP) is 13.7. The van der Waals surface area contributed by atoms with E-state index >= 15 is 4.21 Å². The Morgan fingerprint density at radius 1 is 0.444 bits per heavy atom. The lowest BCUT2D eigenvalue weighted by molar-refractivity contribution is 0.682. The molecule has 4 heterocycles. The summed E-state index contributed by atoms with van der Waals surface area (Å²) in [7, 11) is -1.54. The molecule has 0 amide bonds. The number of nitrogens with zero attached hydrogens (tertiary/aromatic N) is 4. The van der Waals surface area contributed by atoms with Gasteiger partial charge in [-0.05, 0) is 75.3 Å². The van der Waals surface area contributed by atoms with Crippen molar-refractivity contribution in [3.05, 3.63) is 229 Å². The van der Waals surface area contributed by atoms with E-state index in [2.05, 4.69) is 173 Å². The van der Waals surface area contributed by atoms with Gasteiger partial charge in [-0.2, -0.15) is 0 Å². The summed E-state index contributed by atoms with van der Waals surface area (Å²) >= 11 is 0. The number of para-hydroxylation sites is 5. The van der Waals surface area contributed by atoms with E-state index in [1.54, 1.807) is 0 Å². The molecular weight excluding hydrogens is 789 g/mol. The van der Waals surface area contributed by atoms with Gasteiger partial charge in [0.25, 0.3) is 0 Å². The predicted molar refractivity (Wildman–Crippen MR) is 255 cm³/mol. The highest BCUT2D eigenvalue weighted by Gasteiger charge is 2.52. The molecule has 63 heavy (non-hydrogen) atoms. The summed E-state index contributed by atoms with van der Waals surface area (Å²) in [5, 5.41) is 3.42. The lowest BCUT2D eigenvalue weighted by atomic mass is 9.65. The van der Waals surface area contributed by atoms with Crippen LogP contribution in [0.3, 0.4) is 0 Å². The highest BCUT2D eigenvalue weighted by atomic mass is 32.2. The summed E-state index contributed by atoms with van der Waals surface area (Å²) < 4.78 is 18.0. The summed E-state index contributed by atoms with van der Waals surface area (Å²) in [5.74, 6) is 0.527. The Morgan fingerprint density at radius 2 is 1.10 bits per heavy atom. The van der Waals surface area contributed by atoms with Crippen LogP contribution in [0, 0.1) is 0 Å². The van der Waals surface area contributed by atoms with Crippen LogP contribution in [0.5, 0.6) is 0 Å². The maximum absolute atomic E-state index is 15.6. The van der Waals surface area contributed by atoms with E-state index in [1.165, 1.54) is 44.1 Å². The third-order valence-electron chi connectivity index (χ3n) is 13.6. The SMILES string of the molecule is O=S1c2ccccc2N(c2nc(-c3ccc(-c4ccccc4)cc3)c3ccccc3n2)c2ccc3c(c21)-c1ccccc1C31c2ccccc2-n2c3ccccc3c3cccc1c32. The Hall–Kier alpha value is -7.93. The highest BCUT2D eigenvalue weighted by Crippen LogP contribution is 2.64. The molecule has 0 N–H and O–H groups in total. The Labute approximate surface area is 365 Å². The molecule has 2 atom stereocenters. The van der Waals surface area contributed by atoms with Crippen LogP contribution in [0.25, 0.3) is 71.9 Å². The van der Waals surface area contributed by atoms with Gasteiger partial charge in [-0.25, -0.2) is 14.2 Å². The fourth-order valence-corrected chi connectivity index (χ4v) is 12.6. The zero-order chi connectivity index (χ0) is 41.4. The molecular formula is C57H34N4OS. The molecule has 2 aliphatic heterocycles. The molecule has 0 fully saturated rings. The largest absolute Gasteiger partial charge is 0.309 e. The van der Waals surface area contributed by atoms with Gasteiger partial charge < -0.3 is 4.57 Å². The lowest BCUT2D eigenvalue weighted by Gasteiger charge is -2.40. The molecule has 3 aliphatic rings. The number of aromatic nitrogens is 3. The van der Waals surface area contributed by atoms with Gasteiger partial charge in [-0.3, -0.25) is 4.90 Å². The first kappa shape index (κ1) is 34.7. The minimum atomic E-state index is -1.54. The van der Waals surface area contributed by atoms with Crippen molar-refractivity contribution < 1.29 is 4.21 Å². The van der Waals surface area contributed by atoms with Crippen LogP contribution in [-0.2, 0) is 16.2 Å². The zero-order valence-corrected chi connectivity index (χ0v) is 34.6. The summed E-state index contributed by atoms with van der Waals surface area (Å²) in [5.41, 5.74) is 16.3. The fourth-order valence-electron chi connectivity index (χ4n) is 11.1. The van der Waals surface area contributed by atoms with Crippen molar-refractivity contribution in [2.75, 3.05) is 4.90 Å². The van der Waals surface area contributed by atoms with Crippen LogP contribution >= 0.6 is 0 Å². The molecule has 6 heteroatoms. The maximum atomic E-state index is 15.6. The van der Waals surface area contributed by atoms with Gasteiger partial charge in [0.1, 0.15) is 0 Å². The molecule has 1 aliphatic carbocycles. The van der Waals surface area contributed by atoms with Crippen molar-refractivity contribution in [1.29, 1.82) is 0 Å². The molecule has 294 valence electrons. The smallest absolute Gasteiger partial charge is 0.235 e. The van der Waals surface area contributed by atoms with E-state index in [0.29, 0.717) is 5.95 Å². The summed E-state index contributed by atoms with van der Waals surface area (Å²) in [6.07, 6.45) is 0. The zero-order valence-electron chi connectivity index (χ0n) is 33.7. The van der Waals surface area contributed by atoms with Crippen LogP contribution in [0.15, 0.2) is 216 Å². The average molecular weight is 823 g/mol. The molecule has 2 aromatic heterocycles. The topological polar surface area (TPSA) is 51.0 Å². The second kappa shape index (κ2) is 12.8. The highest BCUT2D eigenvalue weighted by molar-refractivity contribution is 7.85. The maximum Gasteiger partial charge on any atom is 0.235 e. The standard InChI is InChI=1S/C57H34N4OS/c62-63-51-28-13-12-27-49(51)61(56-58-46-24-9-5-19-41(46)53(59-56)37-31-29-36(30-32-37)35-15-2-1-3-16-35)50-34-33-44-52(55(50)63)40-18-4-7-21-42(40)57(44)43-22-8-11-26-48(43)60-47-25-10-6-17-38(47)39-20-14-23-45(57)54(39)60/h1-34H. The molecule has 9 aromatic carbocycles. The minimum Gasteiger partial charge on any atom is -0.309 e. The summed E-state index contributed by atoms with van der Waals surface area (Å²) in [4.78, 5) is 14.4. The molecule has 5 nitrogen and oxygen atoms in total.